The Balaban J connectivity index is 2.24. The minimum Gasteiger partial charge on any atom is -0.370 e. The van der Waals surface area contributed by atoms with Gasteiger partial charge < -0.3 is 4.90 Å². The fourth-order valence-corrected chi connectivity index (χ4v) is 1.90. The highest BCUT2D eigenvalue weighted by molar-refractivity contribution is 5.67. The molecule has 0 spiro atoms. The van der Waals surface area contributed by atoms with Crippen molar-refractivity contribution in [2.45, 2.75) is 19.3 Å². The quantitative estimate of drug-likeness (QED) is 0.668. The van der Waals surface area contributed by atoms with Crippen LogP contribution in [0.15, 0.2) is 23.5 Å². The third-order valence-corrected chi connectivity index (χ3v) is 2.64. The summed E-state index contributed by atoms with van der Waals surface area (Å²) in [5.41, 5.74) is 2.07. The lowest BCUT2D eigenvalue weighted by Gasteiger charge is -2.29. The highest BCUT2D eigenvalue weighted by atomic mass is 15.1. The van der Waals surface area contributed by atoms with Crippen molar-refractivity contribution in [3.8, 4) is 0 Å². The molecule has 0 amide bonds. The monoisotopic (exact) mass is 189 g/mol. The molecular weight excluding hydrogens is 174 g/mol. The molecule has 1 saturated heterocycles. The average Bonchev–Trinajstić information content (AvgIpc) is 2.30. The van der Waals surface area contributed by atoms with E-state index in [1.807, 2.05) is 12.3 Å². The summed E-state index contributed by atoms with van der Waals surface area (Å²) in [5.74, 6) is 0. The van der Waals surface area contributed by atoms with Gasteiger partial charge >= 0.3 is 0 Å². The molecule has 1 aliphatic heterocycles. The normalized spacial score (nSPS) is 16.7. The molecule has 0 radical (unpaired) electrons. The molecule has 0 aromatic carbocycles. The van der Waals surface area contributed by atoms with Crippen molar-refractivity contribution >= 4 is 18.1 Å². The fourth-order valence-electron chi connectivity index (χ4n) is 1.90. The summed E-state index contributed by atoms with van der Waals surface area (Å²) in [4.78, 5) is 10.4. The van der Waals surface area contributed by atoms with Crippen LogP contribution in [0.25, 0.3) is 0 Å². The molecule has 1 fully saturated rings. The van der Waals surface area contributed by atoms with Crippen LogP contribution in [0.2, 0.25) is 0 Å². The minimum atomic E-state index is 0.898. The van der Waals surface area contributed by atoms with Gasteiger partial charge in [0.05, 0.1) is 11.9 Å². The van der Waals surface area contributed by atoms with Crippen LogP contribution in [0.4, 0.5) is 11.4 Å². The molecule has 0 unspecified atom stereocenters. The van der Waals surface area contributed by atoms with Crippen LogP contribution < -0.4 is 4.90 Å². The molecule has 1 aromatic heterocycles. The van der Waals surface area contributed by atoms with E-state index in [1.54, 1.807) is 6.20 Å². The molecule has 2 rings (SSSR count). The molecule has 1 aromatic rings. The Kier molecular flexibility index (Phi) is 2.77. The zero-order valence-corrected chi connectivity index (χ0v) is 8.32. The second-order valence-corrected chi connectivity index (χ2v) is 3.57. The number of hydrogen-bond donors (Lipinski definition) is 0. The number of nitrogens with zero attached hydrogens (tertiary/aromatic N) is 3. The smallest absolute Gasteiger partial charge is 0.104 e. The second kappa shape index (κ2) is 4.22. The van der Waals surface area contributed by atoms with E-state index in [4.69, 9.17) is 0 Å². The highest BCUT2D eigenvalue weighted by Crippen LogP contribution is 2.28. The van der Waals surface area contributed by atoms with Gasteiger partial charge in [0.1, 0.15) is 5.69 Å². The highest BCUT2D eigenvalue weighted by Gasteiger charge is 2.13. The second-order valence-electron chi connectivity index (χ2n) is 3.57. The topological polar surface area (TPSA) is 28.5 Å². The van der Waals surface area contributed by atoms with Gasteiger partial charge in [0, 0.05) is 19.3 Å². The van der Waals surface area contributed by atoms with Crippen LogP contribution in [-0.4, -0.2) is 24.8 Å². The first-order valence-electron chi connectivity index (χ1n) is 5.07. The number of rotatable bonds is 2. The van der Waals surface area contributed by atoms with Gasteiger partial charge in [-0.25, -0.2) is 0 Å². The maximum absolute atomic E-state index is 4.05. The number of anilines is 1. The van der Waals surface area contributed by atoms with Gasteiger partial charge in [-0.1, -0.05) is 0 Å². The van der Waals surface area contributed by atoms with Crippen LogP contribution >= 0.6 is 0 Å². The Morgan fingerprint density at radius 3 is 2.79 bits per heavy atom. The maximum Gasteiger partial charge on any atom is 0.104 e. The van der Waals surface area contributed by atoms with Crippen molar-refractivity contribution < 1.29 is 0 Å². The van der Waals surface area contributed by atoms with E-state index in [0.29, 0.717) is 0 Å². The van der Waals surface area contributed by atoms with Gasteiger partial charge in [0.2, 0.25) is 0 Å². The number of piperidine rings is 1. The zero-order chi connectivity index (χ0) is 9.80. The first kappa shape index (κ1) is 9.19. The molecule has 0 atom stereocenters. The van der Waals surface area contributed by atoms with E-state index in [1.165, 1.54) is 24.9 Å². The summed E-state index contributed by atoms with van der Waals surface area (Å²) in [6.07, 6.45) is 7.49. The van der Waals surface area contributed by atoms with Gasteiger partial charge in [-0.2, -0.15) is 0 Å². The SMILES string of the molecule is C=Nc1cnccc1N1CCCCC1. The predicted molar refractivity (Wildman–Crippen MR) is 59.5 cm³/mol. The van der Waals surface area contributed by atoms with Crippen LogP contribution in [0, 0.1) is 0 Å². The minimum absolute atomic E-state index is 0.898. The number of hydrogen-bond acceptors (Lipinski definition) is 3. The van der Waals surface area contributed by atoms with Crippen LogP contribution in [0.5, 0.6) is 0 Å². The predicted octanol–water partition coefficient (Wildman–Crippen LogP) is 2.40. The van der Waals surface area contributed by atoms with E-state index >= 15 is 0 Å². The summed E-state index contributed by atoms with van der Waals surface area (Å²) < 4.78 is 0. The number of aliphatic imine (C=N–C) groups is 1. The molecule has 1 aliphatic rings. The first-order valence-corrected chi connectivity index (χ1v) is 5.07. The van der Waals surface area contributed by atoms with Gasteiger partial charge in [0.15, 0.2) is 0 Å². The van der Waals surface area contributed by atoms with Gasteiger partial charge in [0.25, 0.3) is 0 Å². The van der Waals surface area contributed by atoms with Crippen molar-refractivity contribution in [3.63, 3.8) is 0 Å². The summed E-state index contributed by atoms with van der Waals surface area (Å²) in [6, 6.07) is 2.02. The standard InChI is InChI=1S/C11H15N3/c1-12-10-9-13-6-5-11(10)14-7-3-2-4-8-14/h5-6,9H,1-4,7-8H2. The molecule has 0 bridgehead atoms. The Morgan fingerprint density at radius 1 is 1.29 bits per heavy atom. The molecule has 3 nitrogen and oxygen atoms in total. The zero-order valence-electron chi connectivity index (χ0n) is 8.32. The van der Waals surface area contributed by atoms with Gasteiger partial charge in [-0.15, -0.1) is 0 Å². The Labute approximate surface area is 84.5 Å². The maximum atomic E-state index is 4.05. The lowest BCUT2D eigenvalue weighted by molar-refractivity contribution is 0.578. The van der Waals surface area contributed by atoms with Crippen LogP contribution in [0.1, 0.15) is 19.3 Å². The number of pyridine rings is 1. The molecular formula is C11H15N3. The molecule has 0 saturated carbocycles. The van der Waals surface area contributed by atoms with E-state index in [2.05, 4.69) is 21.6 Å². The van der Waals surface area contributed by atoms with Crippen molar-refractivity contribution in [2.75, 3.05) is 18.0 Å². The third kappa shape index (κ3) is 1.76. The summed E-state index contributed by atoms with van der Waals surface area (Å²) >= 11 is 0. The van der Waals surface area contributed by atoms with Crippen molar-refractivity contribution in [1.82, 2.24) is 4.98 Å². The molecule has 3 heteroatoms. The van der Waals surface area contributed by atoms with E-state index in [-0.39, 0.29) is 0 Å². The summed E-state index contributed by atoms with van der Waals surface area (Å²) in [5, 5.41) is 0. The lowest BCUT2D eigenvalue weighted by atomic mass is 10.1. The van der Waals surface area contributed by atoms with Crippen molar-refractivity contribution in [1.29, 1.82) is 0 Å². The molecule has 2 heterocycles. The van der Waals surface area contributed by atoms with Crippen LogP contribution in [0.3, 0.4) is 0 Å². The van der Waals surface area contributed by atoms with Crippen LogP contribution in [-0.2, 0) is 0 Å². The van der Waals surface area contributed by atoms with Gasteiger partial charge in [-0.3, -0.25) is 9.98 Å². The molecule has 14 heavy (non-hydrogen) atoms. The Hall–Kier alpha value is -1.38. The summed E-state index contributed by atoms with van der Waals surface area (Å²) in [6.45, 7) is 5.83. The van der Waals surface area contributed by atoms with E-state index in [0.717, 1.165) is 18.8 Å². The first-order chi connectivity index (χ1) is 6.92. The molecule has 0 N–H and O–H groups in total. The largest absolute Gasteiger partial charge is 0.370 e. The number of aromatic nitrogens is 1. The average molecular weight is 189 g/mol. The van der Waals surface area contributed by atoms with E-state index < -0.39 is 0 Å². The fraction of sp³-hybridized carbons (Fsp3) is 0.455. The van der Waals surface area contributed by atoms with E-state index in [9.17, 15) is 0 Å². The Bertz CT molecular complexity index is 316. The van der Waals surface area contributed by atoms with Crippen molar-refractivity contribution in [2.24, 2.45) is 4.99 Å². The Morgan fingerprint density at radius 2 is 2.07 bits per heavy atom. The van der Waals surface area contributed by atoms with Crippen molar-refractivity contribution in [3.05, 3.63) is 18.5 Å². The molecule has 74 valence electrons. The summed E-state index contributed by atoms with van der Waals surface area (Å²) in [7, 11) is 0. The van der Waals surface area contributed by atoms with Gasteiger partial charge in [-0.05, 0) is 32.0 Å². The lowest BCUT2D eigenvalue weighted by Crippen LogP contribution is -2.29. The molecule has 0 aliphatic carbocycles. The third-order valence-electron chi connectivity index (χ3n) is 2.64.